The second-order valence-electron chi connectivity index (χ2n) is 3.12. The highest BCUT2D eigenvalue weighted by Gasteiger charge is 2.19. The maximum atomic E-state index is 11.5. The summed E-state index contributed by atoms with van der Waals surface area (Å²) in [5.41, 5.74) is 1.08. The van der Waals surface area contributed by atoms with Gasteiger partial charge in [0.05, 0.1) is 22.7 Å². The number of aryl methyl sites for hydroxylation is 1. The minimum absolute atomic E-state index is 0.337. The number of nitrogens with zero attached hydrogens (tertiary/aromatic N) is 2. The molecule has 82 valence electrons. The molecule has 0 aliphatic carbocycles. The second kappa shape index (κ2) is 4.40. The number of carbonyl (C=O) groups excluding carboxylic acids is 1. The Morgan fingerprint density at radius 2 is 2.25 bits per heavy atom. The smallest absolute Gasteiger partial charge is 0.358 e. The number of aromatic nitrogens is 2. The molecule has 5 heteroatoms. The molecule has 2 aromatic rings. The van der Waals surface area contributed by atoms with E-state index in [4.69, 9.17) is 0 Å². The molecule has 2 heterocycles. The molecule has 0 saturated carbocycles. The van der Waals surface area contributed by atoms with Gasteiger partial charge in [-0.15, -0.1) is 11.3 Å². The van der Waals surface area contributed by atoms with E-state index >= 15 is 0 Å². The van der Waals surface area contributed by atoms with E-state index in [0.29, 0.717) is 5.69 Å². The minimum atomic E-state index is -0.426. The van der Waals surface area contributed by atoms with Gasteiger partial charge in [-0.25, -0.2) is 9.78 Å². The molecular weight excluding hydrogens is 224 g/mol. The first kappa shape index (κ1) is 10.8. The number of pyridine rings is 1. The first-order chi connectivity index (χ1) is 7.72. The van der Waals surface area contributed by atoms with Gasteiger partial charge in [-0.3, -0.25) is 4.98 Å². The molecule has 0 aliphatic rings. The van der Waals surface area contributed by atoms with Crippen molar-refractivity contribution in [3.63, 3.8) is 0 Å². The Morgan fingerprint density at radius 1 is 1.44 bits per heavy atom. The molecule has 0 bridgehead atoms. The van der Waals surface area contributed by atoms with Gasteiger partial charge in [-0.2, -0.15) is 0 Å². The van der Waals surface area contributed by atoms with Crippen LogP contribution in [0.1, 0.15) is 15.5 Å². The highest BCUT2D eigenvalue weighted by molar-refractivity contribution is 7.15. The summed E-state index contributed by atoms with van der Waals surface area (Å²) in [6, 6.07) is 5.55. The molecule has 0 unspecified atom stereocenters. The molecule has 2 aromatic heterocycles. The number of esters is 1. The van der Waals surface area contributed by atoms with Gasteiger partial charge in [0.2, 0.25) is 0 Å². The van der Waals surface area contributed by atoms with E-state index in [2.05, 4.69) is 14.7 Å². The summed E-state index contributed by atoms with van der Waals surface area (Å²) < 4.78 is 4.69. The van der Waals surface area contributed by atoms with E-state index in [1.165, 1.54) is 18.4 Å². The van der Waals surface area contributed by atoms with E-state index in [1.807, 2.05) is 25.1 Å². The maximum Gasteiger partial charge on any atom is 0.358 e. The normalized spacial score (nSPS) is 10.1. The fourth-order valence-electron chi connectivity index (χ4n) is 1.33. The third-order valence-corrected chi connectivity index (χ3v) is 3.00. The van der Waals surface area contributed by atoms with Crippen LogP contribution in [-0.2, 0) is 4.74 Å². The van der Waals surface area contributed by atoms with Crippen LogP contribution in [-0.4, -0.2) is 23.0 Å². The van der Waals surface area contributed by atoms with Crippen LogP contribution in [0.5, 0.6) is 0 Å². The highest BCUT2D eigenvalue weighted by Crippen LogP contribution is 2.28. The van der Waals surface area contributed by atoms with Crippen LogP contribution in [0.15, 0.2) is 24.4 Å². The van der Waals surface area contributed by atoms with Gasteiger partial charge < -0.3 is 4.74 Å². The van der Waals surface area contributed by atoms with E-state index in [1.54, 1.807) is 6.20 Å². The van der Waals surface area contributed by atoms with E-state index in [0.717, 1.165) is 15.6 Å². The zero-order valence-electron chi connectivity index (χ0n) is 8.93. The summed E-state index contributed by atoms with van der Waals surface area (Å²) in [6.07, 6.45) is 1.69. The summed E-state index contributed by atoms with van der Waals surface area (Å²) >= 11 is 1.44. The summed E-state index contributed by atoms with van der Waals surface area (Å²) in [6.45, 7) is 1.85. The van der Waals surface area contributed by atoms with Gasteiger partial charge in [0.15, 0.2) is 5.69 Å². The van der Waals surface area contributed by atoms with Crippen LogP contribution in [0, 0.1) is 6.92 Å². The van der Waals surface area contributed by atoms with Gasteiger partial charge in [0.1, 0.15) is 0 Å². The molecule has 0 saturated heterocycles. The maximum absolute atomic E-state index is 11.5. The number of carbonyl (C=O) groups is 1. The highest BCUT2D eigenvalue weighted by atomic mass is 32.1. The van der Waals surface area contributed by atoms with Crippen LogP contribution < -0.4 is 0 Å². The Bertz CT molecular complexity index is 508. The van der Waals surface area contributed by atoms with Crippen LogP contribution in [0.4, 0.5) is 0 Å². The molecule has 0 aromatic carbocycles. The van der Waals surface area contributed by atoms with Gasteiger partial charge in [0, 0.05) is 6.20 Å². The molecule has 2 rings (SSSR count). The quantitative estimate of drug-likeness (QED) is 0.748. The fraction of sp³-hybridized carbons (Fsp3) is 0.182. The van der Waals surface area contributed by atoms with Crippen molar-refractivity contribution in [3.8, 4) is 10.6 Å². The lowest BCUT2D eigenvalue weighted by Gasteiger charge is -1.99. The van der Waals surface area contributed by atoms with Crippen molar-refractivity contribution >= 4 is 17.3 Å². The molecular formula is C11H10N2O2S. The molecule has 16 heavy (non-hydrogen) atoms. The molecule has 4 nitrogen and oxygen atoms in total. The molecule has 0 fully saturated rings. The summed E-state index contributed by atoms with van der Waals surface area (Å²) in [7, 11) is 1.35. The number of thiazole rings is 1. The van der Waals surface area contributed by atoms with E-state index < -0.39 is 5.97 Å². The molecule has 0 aliphatic heterocycles. The van der Waals surface area contributed by atoms with Crippen molar-refractivity contribution in [3.05, 3.63) is 35.1 Å². The van der Waals surface area contributed by atoms with Crippen LogP contribution in [0.2, 0.25) is 0 Å². The summed E-state index contributed by atoms with van der Waals surface area (Å²) in [4.78, 5) is 20.6. The Balaban J connectivity index is 2.53. The van der Waals surface area contributed by atoms with E-state index in [-0.39, 0.29) is 0 Å². The fourth-order valence-corrected chi connectivity index (χ4v) is 2.22. The van der Waals surface area contributed by atoms with Crippen LogP contribution in [0.3, 0.4) is 0 Å². The Labute approximate surface area is 96.9 Å². The van der Waals surface area contributed by atoms with Crippen molar-refractivity contribution in [1.82, 2.24) is 9.97 Å². The first-order valence-electron chi connectivity index (χ1n) is 4.69. The lowest BCUT2D eigenvalue weighted by Crippen LogP contribution is -2.03. The molecule has 0 N–H and O–H groups in total. The number of methoxy groups -OCH3 is 1. The molecule has 0 atom stereocenters. The standard InChI is InChI=1S/C11H10N2O2S/c1-7-13-9(11(14)15-2)10(16-7)8-5-3-4-6-12-8/h3-6H,1-2H3. The van der Waals surface area contributed by atoms with E-state index in [9.17, 15) is 4.79 Å². The molecule has 0 spiro atoms. The Hall–Kier alpha value is -1.75. The first-order valence-corrected chi connectivity index (χ1v) is 5.51. The van der Waals surface area contributed by atoms with Crippen LogP contribution in [0.25, 0.3) is 10.6 Å². The van der Waals surface area contributed by atoms with Crippen molar-refractivity contribution in [2.75, 3.05) is 7.11 Å². The van der Waals surface area contributed by atoms with Gasteiger partial charge >= 0.3 is 5.97 Å². The van der Waals surface area contributed by atoms with Crippen molar-refractivity contribution in [2.45, 2.75) is 6.92 Å². The third kappa shape index (κ3) is 1.94. The third-order valence-electron chi connectivity index (χ3n) is 2.01. The second-order valence-corrected chi connectivity index (χ2v) is 4.32. The van der Waals surface area contributed by atoms with Crippen molar-refractivity contribution in [1.29, 1.82) is 0 Å². The summed E-state index contributed by atoms with van der Waals surface area (Å²) in [5.74, 6) is -0.426. The monoisotopic (exact) mass is 234 g/mol. The number of ether oxygens (including phenoxy) is 1. The number of hydrogen-bond donors (Lipinski definition) is 0. The van der Waals surface area contributed by atoms with Crippen LogP contribution >= 0.6 is 11.3 Å². The summed E-state index contributed by atoms with van der Waals surface area (Å²) in [5, 5.41) is 0.820. The number of rotatable bonds is 2. The zero-order valence-corrected chi connectivity index (χ0v) is 9.75. The lowest BCUT2D eigenvalue weighted by molar-refractivity contribution is 0.0595. The number of hydrogen-bond acceptors (Lipinski definition) is 5. The van der Waals surface area contributed by atoms with Crippen molar-refractivity contribution < 1.29 is 9.53 Å². The Morgan fingerprint density at radius 3 is 2.88 bits per heavy atom. The SMILES string of the molecule is COC(=O)c1nc(C)sc1-c1ccccn1. The van der Waals surface area contributed by atoms with Gasteiger partial charge in [-0.1, -0.05) is 6.07 Å². The van der Waals surface area contributed by atoms with Gasteiger partial charge in [0.25, 0.3) is 0 Å². The average Bonchev–Trinajstić information content (AvgIpc) is 2.71. The Kier molecular flexibility index (Phi) is 2.96. The molecule has 0 radical (unpaired) electrons. The predicted molar refractivity (Wildman–Crippen MR) is 61.4 cm³/mol. The predicted octanol–water partition coefficient (Wildman–Crippen LogP) is 2.30. The average molecular weight is 234 g/mol. The van der Waals surface area contributed by atoms with Gasteiger partial charge in [-0.05, 0) is 19.1 Å². The minimum Gasteiger partial charge on any atom is -0.464 e. The largest absolute Gasteiger partial charge is 0.464 e. The lowest BCUT2D eigenvalue weighted by atomic mass is 10.2. The van der Waals surface area contributed by atoms with Crippen molar-refractivity contribution in [2.24, 2.45) is 0 Å². The zero-order chi connectivity index (χ0) is 11.5. The topological polar surface area (TPSA) is 52.1 Å². The molecule has 0 amide bonds.